The first-order valence-electron chi connectivity index (χ1n) is 14.8. The number of esters is 1. The van der Waals surface area contributed by atoms with Gasteiger partial charge in [-0.15, -0.1) is 0 Å². The third-order valence-electron chi connectivity index (χ3n) is 6.92. The van der Waals surface area contributed by atoms with E-state index in [4.69, 9.17) is 14.5 Å². The average molecular weight is 612 g/mol. The van der Waals surface area contributed by atoms with Crippen molar-refractivity contribution in [2.45, 2.75) is 51.4 Å². The minimum Gasteiger partial charge on any atom is -0.491 e. The van der Waals surface area contributed by atoms with Crippen molar-refractivity contribution in [1.82, 2.24) is 9.55 Å². The van der Waals surface area contributed by atoms with Gasteiger partial charge < -0.3 is 9.47 Å². The Hall–Kier alpha value is -4.63. The molecule has 0 fully saturated rings. The van der Waals surface area contributed by atoms with E-state index in [1.54, 1.807) is 18.2 Å². The third-order valence-corrected chi connectivity index (χ3v) is 8.16. The fourth-order valence-electron chi connectivity index (χ4n) is 4.97. The van der Waals surface area contributed by atoms with Gasteiger partial charge in [0.15, 0.2) is 0 Å². The fraction of sp³-hybridized carbons (Fsp3) is 0.257. The summed E-state index contributed by atoms with van der Waals surface area (Å²) in [5.41, 5.74) is 4.27. The second-order valence-electron chi connectivity index (χ2n) is 10.9. The van der Waals surface area contributed by atoms with Crippen LogP contribution < -0.4 is 9.46 Å². The van der Waals surface area contributed by atoms with Crippen molar-refractivity contribution in [3.63, 3.8) is 0 Å². The molecular weight excluding hydrogens is 574 g/mol. The zero-order valence-electron chi connectivity index (χ0n) is 25.0. The number of aromatic nitrogens is 2. The van der Waals surface area contributed by atoms with E-state index in [1.165, 1.54) is 0 Å². The number of hydrogen-bond donors (Lipinski definition) is 1. The number of rotatable bonds is 14. The molecule has 0 aliphatic rings. The Morgan fingerprint density at radius 3 is 2.20 bits per heavy atom. The molecule has 1 N–H and O–H groups in total. The highest BCUT2D eigenvalue weighted by Gasteiger charge is 2.21. The number of benzene rings is 4. The maximum Gasteiger partial charge on any atom is 0.306 e. The normalized spacial score (nSPS) is 11.5. The van der Waals surface area contributed by atoms with Gasteiger partial charge in [-0.1, -0.05) is 78.9 Å². The van der Waals surface area contributed by atoms with E-state index in [9.17, 15) is 13.2 Å². The molecule has 5 rings (SSSR count). The Morgan fingerprint density at radius 2 is 1.52 bits per heavy atom. The second kappa shape index (κ2) is 14.2. The van der Waals surface area contributed by atoms with Crippen LogP contribution in [0.5, 0.6) is 5.75 Å². The lowest BCUT2D eigenvalue weighted by Gasteiger charge is -2.15. The minimum atomic E-state index is -3.76. The van der Waals surface area contributed by atoms with Gasteiger partial charge in [0.1, 0.15) is 11.6 Å². The summed E-state index contributed by atoms with van der Waals surface area (Å²) in [6.45, 7) is 4.02. The number of carbonyl (C=O) groups is 1. The third kappa shape index (κ3) is 8.05. The summed E-state index contributed by atoms with van der Waals surface area (Å²) in [7, 11) is -3.76. The van der Waals surface area contributed by atoms with Gasteiger partial charge in [0.05, 0.1) is 35.2 Å². The number of nitrogens with zero attached hydrogens (tertiary/aromatic N) is 2. The summed E-state index contributed by atoms with van der Waals surface area (Å²) in [4.78, 5) is 16.8. The molecule has 0 saturated carbocycles. The van der Waals surface area contributed by atoms with Gasteiger partial charge in [0.2, 0.25) is 10.0 Å². The van der Waals surface area contributed by atoms with E-state index in [0.717, 1.165) is 29.0 Å². The van der Waals surface area contributed by atoms with Crippen LogP contribution in [-0.4, -0.2) is 36.6 Å². The Morgan fingerprint density at radius 1 is 0.864 bits per heavy atom. The van der Waals surface area contributed by atoms with E-state index in [-0.39, 0.29) is 17.8 Å². The number of fused-ring (bicyclic) bond motifs is 1. The number of ether oxygens (including phenoxy) is 2. The molecule has 0 atom stereocenters. The Labute approximate surface area is 258 Å². The average Bonchev–Trinajstić information content (AvgIpc) is 3.37. The van der Waals surface area contributed by atoms with Crippen LogP contribution in [0.3, 0.4) is 0 Å². The van der Waals surface area contributed by atoms with Gasteiger partial charge in [0, 0.05) is 23.7 Å². The molecule has 0 amide bonds. The summed E-state index contributed by atoms with van der Waals surface area (Å²) in [5.74, 6) is 0.760. The van der Waals surface area contributed by atoms with Crippen LogP contribution in [0.15, 0.2) is 103 Å². The van der Waals surface area contributed by atoms with Crippen molar-refractivity contribution in [2.24, 2.45) is 0 Å². The van der Waals surface area contributed by atoms with Crippen molar-refractivity contribution in [3.05, 3.63) is 109 Å². The summed E-state index contributed by atoms with van der Waals surface area (Å²) in [6.07, 6.45) is 2.37. The van der Waals surface area contributed by atoms with Crippen LogP contribution >= 0.6 is 0 Å². The molecular formula is C35H37N3O5S. The number of sulfonamides is 1. The molecule has 1 heterocycles. The van der Waals surface area contributed by atoms with Crippen molar-refractivity contribution in [1.29, 1.82) is 0 Å². The van der Waals surface area contributed by atoms with E-state index in [0.29, 0.717) is 48.4 Å². The molecule has 9 heteroatoms. The molecule has 5 aromatic rings. The molecule has 0 radical (unpaired) electrons. The lowest BCUT2D eigenvalue weighted by atomic mass is 10.2. The van der Waals surface area contributed by atoms with Gasteiger partial charge in [-0.2, -0.15) is 0 Å². The predicted octanol–water partition coefficient (Wildman–Crippen LogP) is 7.53. The Bertz CT molecular complexity index is 1790. The van der Waals surface area contributed by atoms with Crippen LogP contribution in [0.1, 0.15) is 45.1 Å². The van der Waals surface area contributed by atoms with E-state index in [2.05, 4.69) is 9.29 Å². The summed E-state index contributed by atoms with van der Waals surface area (Å²) < 4.78 is 42.8. The molecule has 0 aliphatic heterocycles. The van der Waals surface area contributed by atoms with Crippen LogP contribution in [0, 0.1) is 0 Å². The standard InChI is InChI=1S/C35H37N3O5S/c1-26(2)43-34(39)21-13-6-14-22-42-33-24-32-30(23-31(33)37-44(40,41)25-27-15-7-3-8-16-27)36-35(28-17-9-4-10-18-28)38(32)29-19-11-5-12-20-29/h3-5,7-12,15-20,23-24,26,37H,6,13-14,21-22,25H2,1-2H3. The van der Waals surface area contributed by atoms with Gasteiger partial charge >= 0.3 is 5.97 Å². The summed E-state index contributed by atoms with van der Waals surface area (Å²) >= 11 is 0. The lowest BCUT2D eigenvalue weighted by Crippen LogP contribution is -2.16. The van der Waals surface area contributed by atoms with Gasteiger partial charge in [-0.25, -0.2) is 13.4 Å². The molecule has 228 valence electrons. The molecule has 4 aromatic carbocycles. The van der Waals surface area contributed by atoms with Crippen LogP contribution in [0.4, 0.5) is 5.69 Å². The number of hydrogen-bond acceptors (Lipinski definition) is 6. The fourth-order valence-corrected chi connectivity index (χ4v) is 6.17. The predicted molar refractivity (Wildman–Crippen MR) is 174 cm³/mol. The first-order valence-corrected chi connectivity index (χ1v) is 16.5. The molecule has 44 heavy (non-hydrogen) atoms. The topological polar surface area (TPSA) is 99.5 Å². The van der Waals surface area contributed by atoms with E-state index in [1.807, 2.05) is 98.8 Å². The first-order chi connectivity index (χ1) is 21.3. The highest BCUT2D eigenvalue weighted by molar-refractivity contribution is 7.91. The van der Waals surface area contributed by atoms with Crippen LogP contribution in [0.25, 0.3) is 28.1 Å². The SMILES string of the molecule is CC(C)OC(=O)CCCCCOc1cc2c(cc1NS(=O)(=O)Cc1ccccc1)nc(-c1ccccc1)n2-c1ccccc1. The molecule has 0 aliphatic carbocycles. The number of imidazole rings is 1. The highest BCUT2D eigenvalue weighted by atomic mass is 32.2. The van der Waals surface area contributed by atoms with Crippen molar-refractivity contribution in [3.8, 4) is 22.8 Å². The smallest absolute Gasteiger partial charge is 0.306 e. The number of unbranched alkanes of at least 4 members (excludes halogenated alkanes) is 2. The largest absolute Gasteiger partial charge is 0.491 e. The number of carbonyl (C=O) groups excluding carboxylic acids is 1. The van der Waals surface area contributed by atoms with Crippen LogP contribution in [0.2, 0.25) is 0 Å². The second-order valence-corrected chi connectivity index (χ2v) is 12.6. The number of para-hydroxylation sites is 1. The summed E-state index contributed by atoms with van der Waals surface area (Å²) in [6, 6.07) is 32.4. The minimum absolute atomic E-state index is 0.128. The molecule has 0 spiro atoms. The van der Waals surface area contributed by atoms with Crippen molar-refractivity contribution in [2.75, 3.05) is 11.3 Å². The first kappa shape index (κ1) is 30.8. The highest BCUT2D eigenvalue weighted by Crippen LogP contribution is 2.36. The molecule has 1 aromatic heterocycles. The zero-order valence-corrected chi connectivity index (χ0v) is 25.8. The quantitative estimate of drug-likeness (QED) is 0.103. The Kier molecular flexibility index (Phi) is 9.96. The maximum absolute atomic E-state index is 13.3. The van der Waals surface area contributed by atoms with E-state index >= 15 is 0 Å². The van der Waals surface area contributed by atoms with Gasteiger partial charge in [-0.05, 0) is 56.9 Å². The van der Waals surface area contributed by atoms with Crippen LogP contribution in [-0.2, 0) is 25.3 Å². The van der Waals surface area contributed by atoms with Crippen molar-refractivity contribution >= 4 is 32.7 Å². The lowest BCUT2D eigenvalue weighted by molar-refractivity contribution is -0.147. The monoisotopic (exact) mass is 611 g/mol. The number of anilines is 1. The Balaban J connectivity index is 1.47. The molecule has 0 saturated heterocycles. The maximum atomic E-state index is 13.3. The zero-order chi connectivity index (χ0) is 30.9. The van der Waals surface area contributed by atoms with Gasteiger partial charge in [0.25, 0.3) is 0 Å². The number of nitrogens with one attached hydrogen (secondary N) is 1. The van der Waals surface area contributed by atoms with Crippen molar-refractivity contribution < 1.29 is 22.7 Å². The summed E-state index contributed by atoms with van der Waals surface area (Å²) in [5, 5.41) is 0. The molecule has 8 nitrogen and oxygen atoms in total. The molecule has 0 unspecified atom stereocenters. The van der Waals surface area contributed by atoms with E-state index < -0.39 is 10.0 Å². The van der Waals surface area contributed by atoms with Gasteiger partial charge in [-0.3, -0.25) is 14.1 Å². The molecule has 0 bridgehead atoms.